The molecule has 0 saturated heterocycles. The number of aromatic nitrogens is 1. The van der Waals surface area contributed by atoms with Crippen LogP contribution in [-0.4, -0.2) is 4.98 Å². The van der Waals surface area contributed by atoms with Gasteiger partial charge in [0.2, 0.25) is 5.89 Å². The van der Waals surface area contributed by atoms with Gasteiger partial charge in [0.05, 0.1) is 6.20 Å². The fraction of sp³-hybridized carbons (Fsp3) is 0.308. The van der Waals surface area contributed by atoms with E-state index < -0.39 is 0 Å². The highest BCUT2D eigenvalue weighted by Crippen LogP contribution is 2.47. The molecule has 0 unspecified atom stereocenters. The lowest BCUT2D eigenvalue weighted by Crippen LogP contribution is -1.75. The van der Waals surface area contributed by atoms with Crippen LogP contribution in [0, 0.1) is 5.92 Å². The number of hydrogen-bond donors (Lipinski definition) is 0. The quantitative estimate of drug-likeness (QED) is 0.740. The van der Waals surface area contributed by atoms with Gasteiger partial charge in [-0.1, -0.05) is 25.1 Å². The molecule has 2 atom stereocenters. The van der Waals surface area contributed by atoms with E-state index in [9.17, 15) is 0 Å². The summed E-state index contributed by atoms with van der Waals surface area (Å²) in [6.45, 7) is 2.25. The molecule has 0 radical (unpaired) electrons. The van der Waals surface area contributed by atoms with Gasteiger partial charge in [0.1, 0.15) is 5.76 Å². The van der Waals surface area contributed by atoms with E-state index in [0.29, 0.717) is 5.92 Å². The lowest BCUT2D eigenvalue weighted by molar-refractivity contribution is 0.514. The standard InChI is InChI=1S/C13H13NO/c1-9-7-11(9)12-8-14-13(15-12)10-5-3-2-4-6-10/h2-6,8-9,11H,7H2,1H3/t9-,11-/m1/s1. The fourth-order valence-corrected chi connectivity index (χ4v) is 1.89. The predicted molar refractivity (Wildman–Crippen MR) is 58.5 cm³/mol. The van der Waals surface area contributed by atoms with Gasteiger partial charge in [-0.25, -0.2) is 4.98 Å². The van der Waals surface area contributed by atoms with Crippen molar-refractivity contribution in [3.05, 3.63) is 42.3 Å². The Labute approximate surface area is 89.0 Å². The molecule has 15 heavy (non-hydrogen) atoms. The molecular weight excluding hydrogens is 186 g/mol. The van der Waals surface area contributed by atoms with Crippen molar-refractivity contribution < 1.29 is 4.42 Å². The molecular formula is C13H13NO. The van der Waals surface area contributed by atoms with Crippen LogP contribution < -0.4 is 0 Å². The van der Waals surface area contributed by atoms with Crippen molar-refractivity contribution in [3.63, 3.8) is 0 Å². The molecule has 1 heterocycles. The summed E-state index contributed by atoms with van der Waals surface area (Å²) in [6.07, 6.45) is 3.11. The van der Waals surface area contributed by atoms with Crippen LogP contribution in [0.1, 0.15) is 25.0 Å². The van der Waals surface area contributed by atoms with Crippen LogP contribution >= 0.6 is 0 Å². The first-order valence-corrected chi connectivity index (χ1v) is 5.36. The van der Waals surface area contributed by atoms with Gasteiger partial charge in [-0.3, -0.25) is 0 Å². The van der Waals surface area contributed by atoms with Crippen molar-refractivity contribution in [2.75, 3.05) is 0 Å². The third-order valence-corrected chi connectivity index (χ3v) is 3.02. The molecule has 0 spiro atoms. The van der Waals surface area contributed by atoms with Gasteiger partial charge in [0, 0.05) is 11.5 Å². The van der Waals surface area contributed by atoms with Crippen LogP contribution in [0.5, 0.6) is 0 Å². The Morgan fingerprint density at radius 3 is 2.67 bits per heavy atom. The average Bonchev–Trinajstić information content (AvgIpc) is 2.83. The SMILES string of the molecule is C[C@@H]1C[C@H]1c1cnc(-c2ccccc2)o1. The smallest absolute Gasteiger partial charge is 0.226 e. The Morgan fingerprint density at radius 1 is 1.27 bits per heavy atom. The molecule has 1 aliphatic rings. The van der Waals surface area contributed by atoms with Gasteiger partial charge in [0.25, 0.3) is 0 Å². The van der Waals surface area contributed by atoms with Crippen molar-refractivity contribution in [2.24, 2.45) is 5.92 Å². The van der Waals surface area contributed by atoms with Crippen LogP contribution in [-0.2, 0) is 0 Å². The first-order valence-electron chi connectivity index (χ1n) is 5.36. The Balaban J connectivity index is 1.91. The Morgan fingerprint density at radius 2 is 2.00 bits per heavy atom. The summed E-state index contributed by atoms with van der Waals surface area (Å²) in [5.41, 5.74) is 1.05. The van der Waals surface area contributed by atoms with E-state index >= 15 is 0 Å². The first kappa shape index (κ1) is 8.72. The topological polar surface area (TPSA) is 26.0 Å². The Bertz CT molecular complexity index is 460. The fourth-order valence-electron chi connectivity index (χ4n) is 1.89. The zero-order chi connectivity index (χ0) is 10.3. The number of rotatable bonds is 2. The van der Waals surface area contributed by atoms with Gasteiger partial charge < -0.3 is 4.42 Å². The van der Waals surface area contributed by atoms with Crippen LogP contribution in [0.15, 0.2) is 40.9 Å². The van der Waals surface area contributed by atoms with E-state index in [-0.39, 0.29) is 0 Å². The molecule has 2 aromatic rings. The molecule has 3 rings (SSSR count). The number of hydrogen-bond acceptors (Lipinski definition) is 2. The summed E-state index contributed by atoms with van der Waals surface area (Å²) in [5, 5.41) is 0. The molecule has 2 heteroatoms. The van der Waals surface area contributed by atoms with Crippen LogP contribution in [0.4, 0.5) is 0 Å². The highest BCUT2D eigenvalue weighted by molar-refractivity contribution is 5.52. The molecule has 1 fully saturated rings. The van der Waals surface area contributed by atoms with E-state index in [1.165, 1.54) is 6.42 Å². The zero-order valence-corrected chi connectivity index (χ0v) is 8.68. The molecule has 1 aromatic carbocycles. The summed E-state index contributed by atoms with van der Waals surface area (Å²) in [4.78, 5) is 4.32. The molecule has 0 amide bonds. The summed E-state index contributed by atoms with van der Waals surface area (Å²) in [5.74, 6) is 3.16. The number of benzene rings is 1. The lowest BCUT2D eigenvalue weighted by Gasteiger charge is -1.93. The number of oxazole rings is 1. The van der Waals surface area contributed by atoms with E-state index in [4.69, 9.17) is 4.42 Å². The molecule has 76 valence electrons. The van der Waals surface area contributed by atoms with Gasteiger partial charge in [-0.2, -0.15) is 0 Å². The second kappa shape index (κ2) is 3.23. The summed E-state index contributed by atoms with van der Waals surface area (Å²) in [6, 6.07) is 10.0. The average molecular weight is 199 g/mol. The minimum Gasteiger partial charge on any atom is -0.441 e. The predicted octanol–water partition coefficient (Wildman–Crippen LogP) is 3.47. The lowest BCUT2D eigenvalue weighted by atomic mass is 10.2. The zero-order valence-electron chi connectivity index (χ0n) is 8.68. The van der Waals surface area contributed by atoms with Gasteiger partial charge >= 0.3 is 0 Å². The van der Waals surface area contributed by atoms with Crippen molar-refractivity contribution in [3.8, 4) is 11.5 Å². The summed E-state index contributed by atoms with van der Waals surface area (Å²) in [7, 11) is 0. The second-order valence-corrected chi connectivity index (χ2v) is 4.25. The second-order valence-electron chi connectivity index (χ2n) is 4.25. The minimum absolute atomic E-state index is 0.606. The molecule has 0 aliphatic heterocycles. The van der Waals surface area contributed by atoms with Gasteiger partial charge in [0.15, 0.2) is 0 Å². The number of nitrogens with zero attached hydrogens (tertiary/aromatic N) is 1. The summed E-state index contributed by atoms with van der Waals surface area (Å²) < 4.78 is 5.75. The third-order valence-electron chi connectivity index (χ3n) is 3.02. The normalized spacial score (nSPS) is 24.1. The third kappa shape index (κ3) is 1.56. The van der Waals surface area contributed by atoms with Crippen LogP contribution in [0.2, 0.25) is 0 Å². The van der Waals surface area contributed by atoms with E-state index in [2.05, 4.69) is 11.9 Å². The molecule has 0 bridgehead atoms. The van der Waals surface area contributed by atoms with E-state index in [0.717, 1.165) is 23.1 Å². The minimum atomic E-state index is 0.606. The van der Waals surface area contributed by atoms with E-state index in [1.807, 2.05) is 36.5 Å². The highest BCUT2D eigenvalue weighted by atomic mass is 16.4. The highest BCUT2D eigenvalue weighted by Gasteiger charge is 2.37. The largest absolute Gasteiger partial charge is 0.441 e. The van der Waals surface area contributed by atoms with Crippen molar-refractivity contribution >= 4 is 0 Å². The molecule has 1 aromatic heterocycles. The molecule has 2 nitrogen and oxygen atoms in total. The van der Waals surface area contributed by atoms with Crippen LogP contribution in [0.25, 0.3) is 11.5 Å². The van der Waals surface area contributed by atoms with Gasteiger partial charge in [-0.15, -0.1) is 0 Å². The first-order chi connectivity index (χ1) is 7.34. The molecule has 0 N–H and O–H groups in total. The van der Waals surface area contributed by atoms with Crippen LogP contribution in [0.3, 0.4) is 0 Å². The van der Waals surface area contributed by atoms with Crippen molar-refractivity contribution in [2.45, 2.75) is 19.3 Å². The maximum absolute atomic E-state index is 5.75. The summed E-state index contributed by atoms with van der Waals surface area (Å²) >= 11 is 0. The maximum atomic E-state index is 5.75. The maximum Gasteiger partial charge on any atom is 0.226 e. The Kier molecular flexibility index (Phi) is 1.88. The van der Waals surface area contributed by atoms with Crippen molar-refractivity contribution in [1.82, 2.24) is 4.98 Å². The van der Waals surface area contributed by atoms with Crippen molar-refractivity contribution in [1.29, 1.82) is 0 Å². The van der Waals surface area contributed by atoms with E-state index in [1.54, 1.807) is 0 Å². The van der Waals surface area contributed by atoms with Gasteiger partial charge in [-0.05, 0) is 24.5 Å². The Hall–Kier alpha value is -1.57. The molecule has 1 aliphatic carbocycles. The molecule has 1 saturated carbocycles. The monoisotopic (exact) mass is 199 g/mol.